The standard InChI is InChI=1S/C16H18FNO2S/c17-12-5-4-6-13-11(12)9-14(21-13)15(20)18-16(10-19)7-2-1-3-8-16/h4-6,9,19H,1-3,7-8,10H2,(H,18,20). The predicted molar refractivity (Wildman–Crippen MR) is 82.2 cm³/mol. The largest absolute Gasteiger partial charge is 0.394 e. The molecule has 2 aromatic rings. The average Bonchev–Trinajstić information content (AvgIpc) is 2.94. The molecule has 21 heavy (non-hydrogen) atoms. The summed E-state index contributed by atoms with van der Waals surface area (Å²) in [5, 5.41) is 13.1. The van der Waals surface area contributed by atoms with Crippen molar-refractivity contribution >= 4 is 27.3 Å². The number of fused-ring (bicyclic) bond motifs is 1. The van der Waals surface area contributed by atoms with Crippen LogP contribution in [0.4, 0.5) is 4.39 Å². The fourth-order valence-electron chi connectivity index (χ4n) is 2.99. The maximum Gasteiger partial charge on any atom is 0.261 e. The zero-order valence-electron chi connectivity index (χ0n) is 11.7. The van der Waals surface area contributed by atoms with Crippen LogP contribution in [0.15, 0.2) is 24.3 Å². The lowest BCUT2D eigenvalue weighted by atomic mass is 9.82. The lowest BCUT2D eigenvalue weighted by Crippen LogP contribution is -2.52. The SMILES string of the molecule is O=C(NC1(CO)CCCCC1)c1cc2c(F)cccc2s1. The minimum atomic E-state index is -0.510. The number of benzene rings is 1. The zero-order chi connectivity index (χ0) is 14.9. The van der Waals surface area contributed by atoms with E-state index in [1.165, 1.54) is 17.4 Å². The van der Waals surface area contributed by atoms with Gasteiger partial charge in [0.15, 0.2) is 0 Å². The van der Waals surface area contributed by atoms with Crippen LogP contribution >= 0.6 is 11.3 Å². The molecule has 0 saturated heterocycles. The molecule has 3 nitrogen and oxygen atoms in total. The third kappa shape index (κ3) is 2.80. The highest BCUT2D eigenvalue weighted by molar-refractivity contribution is 7.20. The first-order chi connectivity index (χ1) is 10.1. The first kappa shape index (κ1) is 14.5. The van der Waals surface area contributed by atoms with E-state index in [0.29, 0.717) is 10.3 Å². The van der Waals surface area contributed by atoms with E-state index in [1.54, 1.807) is 12.1 Å². The molecule has 1 saturated carbocycles. The Bertz CT molecular complexity index is 661. The molecule has 1 aliphatic carbocycles. The van der Waals surface area contributed by atoms with Gasteiger partial charge >= 0.3 is 0 Å². The van der Waals surface area contributed by atoms with Gasteiger partial charge in [-0.15, -0.1) is 11.3 Å². The van der Waals surface area contributed by atoms with Crippen molar-refractivity contribution in [3.63, 3.8) is 0 Å². The van der Waals surface area contributed by atoms with Crippen molar-refractivity contribution in [3.8, 4) is 0 Å². The summed E-state index contributed by atoms with van der Waals surface area (Å²) in [5.74, 6) is -0.524. The molecule has 0 aliphatic heterocycles. The number of rotatable bonds is 3. The number of nitrogens with one attached hydrogen (secondary N) is 1. The molecule has 3 rings (SSSR count). The van der Waals surface area contributed by atoms with E-state index in [-0.39, 0.29) is 18.3 Å². The lowest BCUT2D eigenvalue weighted by Gasteiger charge is -2.36. The van der Waals surface area contributed by atoms with Crippen LogP contribution in [-0.2, 0) is 0 Å². The summed E-state index contributed by atoms with van der Waals surface area (Å²) in [7, 11) is 0. The molecule has 0 spiro atoms. The molecule has 112 valence electrons. The van der Waals surface area contributed by atoms with Crippen molar-refractivity contribution in [2.75, 3.05) is 6.61 Å². The molecule has 0 radical (unpaired) electrons. The quantitative estimate of drug-likeness (QED) is 0.912. The number of thiophene rings is 1. The second kappa shape index (κ2) is 5.73. The van der Waals surface area contributed by atoms with Crippen molar-refractivity contribution in [2.45, 2.75) is 37.6 Å². The van der Waals surface area contributed by atoms with Gasteiger partial charge in [0.2, 0.25) is 0 Å². The summed E-state index contributed by atoms with van der Waals surface area (Å²) in [4.78, 5) is 12.9. The van der Waals surface area contributed by atoms with Crippen molar-refractivity contribution in [1.29, 1.82) is 0 Å². The molecule has 1 fully saturated rings. The Morgan fingerprint density at radius 3 is 2.76 bits per heavy atom. The Hall–Kier alpha value is -1.46. The number of amides is 1. The smallest absolute Gasteiger partial charge is 0.261 e. The van der Waals surface area contributed by atoms with Crippen LogP contribution in [0.5, 0.6) is 0 Å². The maximum absolute atomic E-state index is 13.7. The Morgan fingerprint density at radius 2 is 2.10 bits per heavy atom. The number of hydrogen-bond acceptors (Lipinski definition) is 3. The van der Waals surface area contributed by atoms with E-state index in [2.05, 4.69) is 5.32 Å². The van der Waals surface area contributed by atoms with Gasteiger partial charge in [0.05, 0.1) is 17.0 Å². The summed E-state index contributed by atoms with van der Waals surface area (Å²) < 4.78 is 14.5. The van der Waals surface area contributed by atoms with Gasteiger partial charge in [-0.05, 0) is 31.0 Å². The van der Waals surface area contributed by atoms with E-state index in [0.717, 1.165) is 36.8 Å². The van der Waals surface area contributed by atoms with E-state index >= 15 is 0 Å². The minimum absolute atomic E-state index is 0.0437. The molecule has 0 bridgehead atoms. The summed E-state index contributed by atoms with van der Waals surface area (Å²) >= 11 is 1.28. The molecule has 0 atom stereocenters. The Balaban J connectivity index is 1.84. The maximum atomic E-state index is 13.7. The third-order valence-corrected chi connectivity index (χ3v) is 5.32. The van der Waals surface area contributed by atoms with Crippen LogP contribution in [0, 0.1) is 5.82 Å². The Labute approximate surface area is 126 Å². The van der Waals surface area contributed by atoms with Crippen LogP contribution in [0.25, 0.3) is 10.1 Å². The molecular formula is C16H18FNO2S. The number of halogens is 1. The zero-order valence-corrected chi connectivity index (χ0v) is 12.5. The van der Waals surface area contributed by atoms with Crippen molar-refractivity contribution in [3.05, 3.63) is 35.0 Å². The van der Waals surface area contributed by atoms with Crippen LogP contribution < -0.4 is 5.32 Å². The molecule has 1 amide bonds. The van der Waals surface area contributed by atoms with Gasteiger partial charge in [-0.1, -0.05) is 25.3 Å². The Morgan fingerprint density at radius 1 is 1.33 bits per heavy atom. The number of aliphatic hydroxyl groups is 1. The van der Waals surface area contributed by atoms with Gasteiger partial charge in [-0.2, -0.15) is 0 Å². The van der Waals surface area contributed by atoms with Gasteiger partial charge in [0, 0.05) is 10.1 Å². The number of carbonyl (C=O) groups excluding carboxylic acids is 1. The number of aliphatic hydroxyl groups excluding tert-OH is 1. The van der Waals surface area contributed by atoms with Gasteiger partial charge in [-0.25, -0.2) is 4.39 Å². The van der Waals surface area contributed by atoms with E-state index in [9.17, 15) is 14.3 Å². The summed E-state index contributed by atoms with van der Waals surface area (Å²) in [5.41, 5.74) is -0.510. The average molecular weight is 307 g/mol. The highest BCUT2D eigenvalue weighted by Crippen LogP contribution is 2.31. The third-order valence-electron chi connectivity index (χ3n) is 4.22. The van der Waals surface area contributed by atoms with Crippen molar-refractivity contribution in [2.24, 2.45) is 0 Å². The Kier molecular flexibility index (Phi) is 3.95. The monoisotopic (exact) mass is 307 g/mol. The first-order valence-electron chi connectivity index (χ1n) is 7.25. The van der Waals surface area contributed by atoms with Gasteiger partial charge in [0.25, 0.3) is 5.91 Å². The molecule has 0 unspecified atom stereocenters. The number of carbonyl (C=O) groups is 1. The number of hydrogen-bond donors (Lipinski definition) is 2. The molecule has 5 heteroatoms. The summed E-state index contributed by atoms with van der Waals surface area (Å²) in [6, 6.07) is 6.44. The molecule has 1 aromatic heterocycles. The predicted octanol–water partition coefficient (Wildman–Crippen LogP) is 3.47. The minimum Gasteiger partial charge on any atom is -0.394 e. The summed E-state index contributed by atoms with van der Waals surface area (Å²) in [6.45, 7) is -0.0437. The topological polar surface area (TPSA) is 49.3 Å². The normalized spacial score (nSPS) is 17.8. The molecule has 2 N–H and O–H groups in total. The fourth-order valence-corrected chi connectivity index (χ4v) is 3.96. The highest BCUT2D eigenvalue weighted by Gasteiger charge is 2.33. The van der Waals surface area contributed by atoms with E-state index < -0.39 is 5.54 Å². The molecule has 1 aliphatic rings. The summed E-state index contributed by atoms with van der Waals surface area (Å²) in [6.07, 6.45) is 4.78. The van der Waals surface area contributed by atoms with Gasteiger partial charge in [0.1, 0.15) is 5.82 Å². The van der Waals surface area contributed by atoms with Crippen LogP contribution in [0.1, 0.15) is 41.8 Å². The lowest BCUT2D eigenvalue weighted by molar-refractivity contribution is 0.0762. The van der Waals surface area contributed by atoms with Gasteiger partial charge < -0.3 is 10.4 Å². The van der Waals surface area contributed by atoms with Crippen molar-refractivity contribution in [1.82, 2.24) is 5.32 Å². The fraction of sp³-hybridized carbons (Fsp3) is 0.438. The van der Waals surface area contributed by atoms with Crippen LogP contribution in [-0.4, -0.2) is 23.2 Å². The van der Waals surface area contributed by atoms with E-state index in [1.807, 2.05) is 6.07 Å². The molecular weight excluding hydrogens is 289 g/mol. The molecule has 1 heterocycles. The molecule has 1 aromatic carbocycles. The van der Waals surface area contributed by atoms with Crippen LogP contribution in [0.2, 0.25) is 0 Å². The second-order valence-electron chi connectivity index (χ2n) is 5.72. The van der Waals surface area contributed by atoms with Crippen LogP contribution in [0.3, 0.4) is 0 Å². The van der Waals surface area contributed by atoms with Gasteiger partial charge in [-0.3, -0.25) is 4.79 Å². The highest BCUT2D eigenvalue weighted by atomic mass is 32.1. The second-order valence-corrected chi connectivity index (χ2v) is 6.80. The van der Waals surface area contributed by atoms with E-state index in [4.69, 9.17) is 0 Å². The van der Waals surface area contributed by atoms with Crippen molar-refractivity contribution < 1.29 is 14.3 Å². The first-order valence-corrected chi connectivity index (χ1v) is 8.07.